The second-order valence-corrected chi connectivity index (χ2v) is 9.06. The van der Waals surface area contributed by atoms with E-state index in [0.717, 1.165) is 44.5 Å². The van der Waals surface area contributed by atoms with Gasteiger partial charge < -0.3 is 19.6 Å². The summed E-state index contributed by atoms with van der Waals surface area (Å²) in [6.07, 6.45) is 1.79. The SMILES string of the molecule is CC(C)C1OC2(CCN(CCc3ccccc3O)CC2)CN(c2ccccc2F)C1=O. The molecule has 4 rings (SSSR count). The Balaban J connectivity index is 1.46. The number of amides is 1. The third kappa shape index (κ3) is 4.60. The largest absolute Gasteiger partial charge is 0.508 e. The molecule has 0 aliphatic carbocycles. The molecule has 2 aromatic carbocycles. The number of rotatable bonds is 5. The normalized spacial score (nSPS) is 21.7. The maximum Gasteiger partial charge on any atom is 0.256 e. The highest BCUT2D eigenvalue weighted by atomic mass is 19.1. The van der Waals surface area contributed by atoms with Crippen LogP contribution in [0.25, 0.3) is 0 Å². The molecule has 0 radical (unpaired) electrons. The van der Waals surface area contributed by atoms with E-state index in [0.29, 0.717) is 18.0 Å². The van der Waals surface area contributed by atoms with Crippen molar-refractivity contribution in [2.24, 2.45) is 5.92 Å². The van der Waals surface area contributed by atoms with Crippen LogP contribution in [0.2, 0.25) is 0 Å². The number of ether oxygens (including phenoxy) is 1. The molecule has 2 aliphatic heterocycles. The number of likely N-dealkylation sites (tertiary alicyclic amines) is 1. The smallest absolute Gasteiger partial charge is 0.256 e. The molecule has 1 spiro atoms. The van der Waals surface area contributed by atoms with E-state index in [-0.39, 0.29) is 17.6 Å². The van der Waals surface area contributed by atoms with Crippen molar-refractivity contribution >= 4 is 11.6 Å². The van der Waals surface area contributed by atoms with Gasteiger partial charge in [0.25, 0.3) is 5.91 Å². The summed E-state index contributed by atoms with van der Waals surface area (Å²) < 4.78 is 21.0. The van der Waals surface area contributed by atoms with Crippen LogP contribution in [0.15, 0.2) is 48.5 Å². The number of carbonyl (C=O) groups excluding carboxylic acids is 1. The number of phenolic OH excluding ortho intramolecular Hbond substituents is 1. The average molecular weight is 427 g/mol. The van der Waals surface area contributed by atoms with Crippen molar-refractivity contribution in [3.63, 3.8) is 0 Å². The molecule has 2 saturated heterocycles. The molecule has 1 N–H and O–H groups in total. The van der Waals surface area contributed by atoms with E-state index >= 15 is 0 Å². The monoisotopic (exact) mass is 426 g/mol. The number of para-hydroxylation sites is 2. The second-order valence-electron chi connectivity index (χ2n) is 9.06. The lowest BCUT2D eigenvalue weighted by Gasteiger charge is -2.50. The predicted molar refractivity (Wildman–Crippen MR) is 119 cm³/mol. The highest BCUT2D eigenvalue weighted by Gasteiger charge is 2.48. The highest BCUT2D eigenvalue weighted by molar-refractivity contribution is 5.97. The summed E-state index contributed by atoms with van der Waals surface area (Å²) in [7, 11) is 0. The number of halogens is 1. The molecule has 5 nitrogen and oxygen atoms in total. The van der Waals surface area contributed by atoms with E-state index in [1.165, 1.54) is 6.07 Å². The number of anilines is 1. The lowest BCUT2D eigenvalue weighted by atomic mass is 9.86. The zero-order valence-electron chi connectivity index (χ0n) is 18.3. The third-order valence-corrected chi connectivity index (χ3v) is 6.54. The van der Waals surface area contributed by atoms with Crippen molar-refractivity contribution in [2.75, 3.05) is 31.1 Å². The molecular formula is C25H31FN2O3. The second kappa shape index (κ2) is 8.97. The lowest BCUT2D eigenvalue weighted by molar-refractivity contribution is -0.171. The fourth-order valence-electron chi connectivity index (χ4n) is 4.63. The van der Waals surface area contributed by atoms with Crippen molar-refractivity contribution in [1.82, 2.24) is 4.90 Å². The minimum absolute atomic E-state index is 0.0121. The Morgan fingerprint density at radius 2 is 1.81 bits per heavy atom. The topological polar surface area (TPSA) is 53.0 Å². The number of benzene rings is 2. The molecule has 2 fully saturated rings. The molecule has 2 aliphatic rings. The van der Waals surface area contributed by atoms with E-state index in [1.54, 1.807) is 29.2 Å². The van der Waals surface area contributed by atoms with E-state index in [9.17, 15) is 14.3 Å². The molecule has 0 aromatic heterocycles. The summed E-state index contributed by atoms with van der Waals surface area (Å²) in [5, 5.41) is 10.00. The first kappa shape index (κ1) is 21.8. The molecular weight excluding hydrogens is 395 g/mol. The minimum atomic E-state index is -0.568. The summed E-state index contributed by atoms with van der Waals surface area (Å²) >= 11 is 0. The number of morpholine rings is 1. The van der Waals surface area contributed by atoms with Crippen molar-refractivity contribution in [2.45, 2.75) is 44.8 Å². The van der Waals surface area contributed by atoms with Gasteiger partial charge in [-0.2, -0.15) is 0 Å². The van der Waals surface area contributed by atoms with Gasteiger partial charge in [-0.25, -0.2) is 4.39 Å². The minimum Gasteiger partial charge on any atom is -0.508 e. The molecule has 166 valence electrons. The molecule has 6 heteroatoms. The molecule has 1 unspecified atom stereocenters. The van der Waals surface area contributed by atoms with Gasteiger partial charge in [0.2, 0.25) is 0 Å². The average Bonchev–Trinajstić information content (AvgIpc) is 2.76. The van der Waals surface area contributed by atoms with Crippen LogP contribution < -0.4 is 4.90 Å². The number of nitrogens with zero attached hydrogens (tertiary/aromatic N) is 2. The number of carbonyl (C=O) groups is 1. The van der Waals surface area contributed by atoms with Gasteiger partial charge in [0, 0.05) is 19.6 Å². The first-order valence-electron chi connectivity index (χ1n) is 11.1. The van der Waals surface area contributed by atoms with Crippen LogP contribution in [0.5, 0.6) is 5.75 Å². The molecule has 0 saturated carbocycles. The molecule has 1 amide bonds. The third-order valence-electron chi connectivity index (χ3n) is 6.54. The molecule has 2 heterocycles. The van der Waals surface area contributed by atoms with E-state index < -0.39 is 11.7 Å². The summed E-state index contributed by atoms with van der Waals surface area (Å²) in [5.74, 6) is -0.188. The van der Waals surface area contributed by atoms with Gasteiger partial charge in [-0.3, -0.25) is 4.79 Å². The van der Waals surface area contributed by atoms with Gasteiger partial charge in [-0.1, -0.05) is 44.2 Å². The molecule has 0 bridgehead atoms. The van der Waals surface area contributed by atoms with Gasteiger partial charge >= 0.3 is 0 Å². The van der Waals surface area contributed by atoms with Gasteiger partial charge in [0.15, 0.2) is 0 Å². The lowest BCUT2D eigenvalue weighted by Crippen LogP contribution is -2.63. The van der Waals surface area contributed by atoms with Crippen LogP contribution in [0.1, 0.15) is 32.3 Å². The molecule has 2 aromatic rings. The molecule has 31 heavy (non-hydrogen) atoms. The highest BCUT2D eigenvalue weighted by Crippen LogP contribution is 2.37. The van der Waals surface area contributed by atoms with Crippen molar-refractivity contribution in [1.29, 1.82) is 0 Å². The van der Waals surface area contributed by atoms with Crippen LogP contribution >= 0.6 is 0 Å². The number of hydrogen-bond donors (Lipinski definition) is 1. The summed E-state index contributed by atoms with van der Waals surface area (Å²) in [5.41, 5.74) is 0.826. The zero-order chi connectivity index (χ0) is 22.0. The van der Waals surface area contributed by atoms with Crippen molar-refractivity contribution < 1.29 is 19.0 Å². The Morgan fingerprint density at radius 3 is 2.48 bits per heavy atom. The van der Waals surface area contributed by atoms with Crippen LogP contribution in [-0.4, -0.2) is 53.8 Å². The zero-order valence-corrected chi connectivity index (χ0v) is 18.3. The predicted octanol–water partition coefficient (Wildman–Crippen LogP) is 4.00. The first-order valence-corrected chi connectivity index (χ1v) is 11.1. The standard InChI is InChI=1S/C25H31FN2O3/c1-18(2)23-24(30)28(21-9-5-4-8-20(21)26)17-25(31-23)12-15-27(16-13-25)14-11-19-7-3-6-10-22(19)29/h3-10,18,23,29H,11-17H2,1-2H3. The maximum atomic E-state index is 14.5. The quantitative estimate of drug-likeness (QED) is 0.785. The first-order chi connectivity index (χ1) is 14.9. The fourth-order valence-corrected chi connectivity index (χ4v) is 4.63. The van der Waals surface area contributed by atoms with Gasteiger partial charge in [-0.05, 0) is 48.9 Å². The van der Waals surface area contributed by atoms with E-state index in [2.05, 4.69) is 4.90 Å². The summed E-state index contributed by atoms with van der Waals surface area (Å²) in [4.78, 5) is 17.1. The fraction of sp³-hybridized carbons (Fsp3) is 0.480. The van der Waals surface area contributed by atoms with Crippen LogP contribution in [-0.2, 0) is 16.0 Å². The summed E-state index contributed by atoms with van der Waals surface area (Å²) in [6.45, 7) is 6.88. The van der Waals surface area contributed by atoms with Crippen molar-refractivity contribution in [3.05, 3.63) is 59.9 Å². The van der Waals surface area contributed by atoms with Crippen molar-refractivity contribution in [3.8, 4) is 5.75 Å². The Morgan fingerprint density at radius 1 is 1.13 bits per heavy atom. The van der Waals surface area contributed by atoms with Gasteiger partial charge in [0.1, 0.15) is 17.7 Å². The van der Waals surface area contributed by atoms with Crippen LogP contribution in [0, 0.1) is 11.7 Å². The maximum absolute atomic E-state index is 14.5. The van der Waals surface area contributed by atoms with Crippen LogP contribution in [0.3, 0.4) is 0 Å². The Labute approximate surface area is 183 Å². The number of piperidine rings is 1. The number of phenols is 1. The van der Waals surface area contributed by atoms with Gasteiger partial charge in [-0.15, -0.1) is 0 Å². The summed E-state index contributed by atoms with van der Waals surface area (Å²) in [6, 6.07) is 13.9. The van der Waals surface area contributed by atoms with E-state index in [1.807, 2.05) is 32.0 Å². The Kier molecular flexibility index (Phi) is 6.30. The van der Waals surface area contributed by atoms with Crippen LogP contribution in [0.4, 0.5) is 10.1 Å². The molecule has 1 atom stereocenters. The Bertz CT molecular complexity index is 924. The van der Waals surface area contributed by atoms with E-state index in [4.69, 9.17) is 4.74 Å². The number of aromatic hydroxyl groups is 1. The van der Waals surface area contributed by atoms with Gasteiger partial charge in [0.05, 0.1) is 17.8 Å². The number of hydrogen-bond acceptors (Lipinski definition) is 4. The Hall–Kier alpha value is -2.44.